The zero-order valence-electron chi connectivity index (χ0n) is 18.6. The molecular formula is C26H24N4O2S2. The maximum atomic E-state index is 13.2. The van der Waals surface area contributed by atoms with Crippen molar-refractivity contribution < 1.29 is 9.59 Å². The molecule has 0 aliphatic carbocycles. The van der Waals surface area contributed by atoms with Gasteiger partial charge in [-0.05, 0) is 48.0 Å². The molecule has 0 saturated carbocycles. The van der Waals surface area contributed by atoms with Gasteiger partial charge in [-0.2, -0.15) is 0 Å². The summed E-state index contributed by atoms with van der Waals surface area (Å²) in [5.41, 5.74) is 3.28. The Labute approximate surface area is 207 Å². The normalized spacial score (nSPS) is 10.8. The molecule has 0 bridgehead atoms. The van der Waals surface area contributed by atoms with Gasteiger partial charge in [-0.15, -0.1) is 0 Å². The number of hydrogen-bond acceptors (Lipinski definition) is 5. The molecule has 34 heavy (non-hydrogen) atoms. The SMILES string of the molecule is CCCC(=O)Nc1nc2ccc(NC(=S)NC(=O)C(c3ccccc3)c3ccccc3)cc2s1. The van der Waals surface area contributed by atoms with Crippen LogP contribution in [0.15, 0.2) is 78.9 Å². The molecule has 3 aromatic carbocycles. The fourth-order valence-electron chi connectivity index (χ4n) is 3.60. The van der Waals surface area contributed by atoms with Crippen molar-refractivity contribution in [3.05, 3.63) is 90.0 Å². The van der Waals surface area contributed by atoms with Crippen LogP contribution in [-0.4, -0.2) is 21.9 Å². The molecule has 0 fully saturated rings. The third kappa shape index (κ3) is 5.84. The summed E-state index contributed by atoms with van der Waals surface area (Å²) in [6, 6.07) is 24.8. The van der Waals surface area contributed by atoms with Gasteiger partial charge in [0.25, 0.3) is 0 Å². The van der Waals surface area contributed by atoms with Crippen molar-refractivity contribution in [2.75, 3.05) is 10.6 Å². The van der Waals surface area contributed by atoms with E-state index in [0.29, 0.717) is 11.6 Å². The van der Waals surface area contributed by atoms with Crippen LogP contribution < -0.4 is 16.0 Å². The van der Waals surface area contributed by atoms with Crippen molar-refractivity contribution in [2.24, 2.45) is 0 Å². The molecule has 0 unspecified atom stereocenters. The van der Waals surface area contributed by atoms with E-state index in [4.69, 9.17) is 12.2 Å². The number of benzene rings is 3. The Bertz CT molecular complexity index is 1270. The standard InChI is InChI=1S/C26H24N4O2S2/c1-2-9-22(31)29-26-28-20-15-14-19(16-21(20)34-26)27-25(33)30-24(32)23(17-10-5-3-6-11-17)18-12-7-4-8-13-18/h3-8,10-16,23H,2,9H2,1H3,(H,28,29,31)(H2,27,30,32,33). The summed E-state index contributed by atoms with van der Waals surface area (Å²) >= 11 is 6.83. The Morgan fingerprint density at radius 1 is 0.941 bits per heavy atom. The van der Waals surface area contributed by atoms with E-state index in [1.54, 1.807) is 0 Å². The highest BCUT2D eigenvalue weighted by Gasteiger charge is 2.23. The maximum absolute atomic E-state index is 13.2. The van der Waals surface area contributed by atoms with Crippen molar-refractivity contribution in [1.29, 1.82) is 0 Å². The molecule has 1 heterocycles. The van der Waals surface area contributed by atoms with E-state index in [1.165, 1.54) is 11.3 Å². The molecule has 0 atom stereocenters. The van der Waals surface area contributed by atoms with Crippen molar-refractivity contribution in [2.45, 2.75) is 25.7 Å². The molecule has 0 radical (unpaired) electrons. The zero-order valence-corrected chi connectivity index (χ0v) is 20.2. The molecule has 6 nitrogen and oxygen atoms in total. The molecule has 1 aromatic heterocycles. The Balaban J connectivity index is 1.46. The van der Waals surface area contributed by atoms with Gasteiger partial charge in [0, 0.05) is 12.1 Å². The minimum Gasteiger partial charge on any atom is -0.332 e. The van der Waals surface area contributed by atoms with Crippen molar-refractivity contribution in [1.82, 2.24) is 10.3 Å². The van der Waals surface area contributed by atoms with Crippen LogP contribution in [0.2, 0.25) is 0 Å². The first-order valence-electron chi connectivity index (χ1n) is 11.0. The quantitative estimate of drug-likeness (QED) is 0.292. The number of anilines is 2. The van der Waals surface area contributed by atoms with Crippen LogP contribution in [0.5, 0.6) is 0 Å². The summed E-state index contributed by atoms with van der Waals surface area (Å²) in [7, 11) is 0. The molecule has 2 amide bonds. The van der Waals surface area contributed by atoms with Gasteiger partial charge in [0.1, 0.15) is 0 Å². The Kier molecular flexibility index (Phi) is 7.61. The second kappa shape index (κ2) is 11.0. The zero-order chi connectivity index (χ0) is 23.9. The van der Waals surface area contributed by atoms with Gasteiger partial charge in [-0.3, -0.25) is 9.59 Å². The second-order valence-corrected chi connectivity index (χ2v) is 9.14. The van der Waals surface area contributed by atoms with Crippen molar-refractivity contribution >= 4 is 61.5 Å². The van der Waals surface area contributed by atoms with Gasteiger partial charge in [-0.1, -0.05) is 78.9 Å². The molecule has 0 spiro atoms. The molecular weight excluding hydrogens is 464 g/mol. The average Bonchev–Trinajstić information content (AvgIpc) is 3.22. The predicted molar refractivity (Wildman–Crippen MR) is 142 cm³/mol. The molecule has 4 aromatic rings. The number of carbonyl (C=O) groups is 2. The predicted octanol–water partition coefficient (Wildman–Crippen LogP) is 5.68. The first-order valence-corrected chi connectivity index (χ1v) is 12.2. The Morgan fingerprint density at radius 2 is 1.59 bits per heavy atom. The fourth-order valence-corrected chi connectivity index (χ4v) is 4.74. The van der Waals surface area contributed by atoms with Gasteiger partial charge in [0.05, 0.1) is 16.1 Å². The molecule has 0 aliphatic rings. The molecule has 3 N–H and O–H groups in total. The smallest absolute Gasteiger partial charge is 0.238 e. The highest BCUT2D eigenvalue weighted by atomic mass is 32.1. The number of thiazole rings is 1. The topological polar surface area (TPSA) is 83.1 Å². The van der Waals surface area contributed by atoms with Crippen LogP contribution in [0.1, 0.15) is 36.8 Å². The van der Waals surface area contributed by atoms with Crippen LogP contribution in [0.4, 0.5) is 10.8 Å². The van der Waals surface area contributed by atoms with Crippen LogP contribution in [0.25, 0.3) is 10.2 Å². The van der Waals surface area contributed by atoms with Gasteiger partial charge < -0.3 is 16.0 Å². The number of nitrogens with one attached hydrogen (secondary N) is 3. The van der Waals surface area contributed by atoms with E-state index in [-0.39, 0.29) is 16.9 Å². The van der Waals surface area contributed by atoms with Gasteiger partial charge in [0.15, 0.2) is 10.2 Å². The number of amides is 2. The maximum Gasteiger partial charge on any atom is 0.238 e. The van der Waals surface area contributed by atoms with E-state index in [1.807, 2.05) is 85.8 Å². The van der Waals surface area contributed by atoms with Crippen LogP contribution >= 0.6 is 23.6 Å². The number of fused-ring (bicyclic) bond motifs is 1. The number of carbonyl (C=O) groups excluding carboxylic acids is 2. The van der Waals surface area contributed by atoms with Crippen LogP contribution in [-0.2, 0) is 9.59 Å². The summed E-state index contributed by atoms with van der Waals surface area (Å²) in [5.74, 6) is -0.745. The lowest BCUT2D eigenvalue weighted by atomic mass is 9.90. The van der Waals surface area contributed by atoms with Gasteiger partial charge in [-0.25, -0.2) is 4.98 Å². The molecule has 172 valence electrons. The van der Waals surface area contributed by atoms with E-state index < -0.39 is 5.92 Å². The third-order valence-electron chi connectivity index (χ3n) is 5.13. The fraction of sp³-hybridized carbons (Fsp3) is 0.154. The molecule has 4 rings (SSSR count). The van der Waals surface area contributed by atoms with Crippen molar-refractivity contribution in [3.8, 4) is 0 Å². The lowest BCUT2D eigenvalue weighted by Gasteiger charge is -2.18. The summed E-state index contributed by atoms with van der Waals surface area (Å²) in [6.45, 7) is 1.96. The first-order chi connectivity index (χ1) is 16.5. The molecule has 8 heteroatoms. The lowest BCUT2D eigenvalue weighted by Crippen LogP contribution is -2.37. The van der Waals surface area contributed by atoms with E-state index in [2.05, 4.69) is 20.9 Å². The van der Waals surface area contributed by atoms with Crippen LogP contribution in [0.3, 0.4) is 0 Å². The van der Waals surface area contributed by atoms with E-state index in [0.717, 1.165) is 33.5 Å². The number of thiocarbonyl (C=S) groups is 1. The monoisotopic (exact) mass is 488 g/mol. The minimum absolute atomic E-state index is 0.0461. The molecule has 0 saturated heterocycles. The number of aromatic nitrogens is 1. The Morgan fingerprint density at radius 3 is 2.21 bits per heavy atom. The lowest BCUT2D eigenvalue weighted by molar-refractivity contribution is -0.120. The van der Waals surface area contributed by atoms with Crippen molar-refractivity contribution in [3.63, 3.8) is 0 Å². The highest BCUT2D eigenvalue weighted by molar-refractivity contribution is 7.80. The average molecular weight is 489 g/mol. The summed E-state index contributed by atoms with van der Waals surface area (Å²) < 4.78 is 0.900. The first kappa shape index (κ1) is 23.5. The summed E-state index contributed by atoms with van der Waals surface area (Å²) in [4.78, 5) is 29.5. The minimum atomic E-state index is -0.486. The largest absolute Gasteiger partial charge is 0.332 e. The number of rotatable bonds is 7. The number of nitrogens with zero attached hydrogens (tertiary/aromatic N) is 1. The number of hydrogen-bond donors (Lipinski definition) is 3. The van der Waals surface area contributed by atoms with E-state index >= 15 is 0 Å². The van der Waals surface area contributed by atoms with Gasteiger partial charge in [0.2, 0.25) is 11.8 Å². The van der Waals surface area contributed by atoms with Crippen LogP contribution in [0, 0.1) is 0 Å². The van der Waals surface area contributed by atoms with E-state index in [9.17, 15) is 9.59 Å². The molecule has 0 aliphatic heterocycles. The van der Waals surface area contributed by atoms with Gasteiger partial charge >= 0.3 is 0 Å². The second-order valence-electron chi connectivity index (χ2n) is 7.70. The third-order valence-corrected chi connectivity index (χ3v) is 6.27. The summed E-state index contributed by atoms with van der Waals surface area (Å²) in [6.07, 6.45) is 1.24. The highest BCUT2D eigenvalue weighted by Crippen LogP contribution is 2.29. The Hall–Kier alpha value is -3.62. The summed E-state index contributed by atoms with van der Waals surface area (Å²) in [5, 5.41) is 9.52.